The van der Waals surface area contributed by atoms with E-state index in [-0.39, 0.29) is 5.41 Å². The van der Waals surface area contributed by atoms with E-state index >= 15 is 0 Å². The van der Waals surface area contributed by atoms with Gasteiger partial charge in [-0.05, 0) is 59.4 Å². The second kappa shape index (κ2) is 6.37. The van der Waals surface area contributed by atoms with Crippen molar-refractivity contribution in [3.63, 3.8) is 0 Å². The number of nitrogens with zero attached hydrogens (tertiary/aromatic N) is 3. The van der Waals surface area contributed by atoms with Crippen LogP contribution in [0.4, 0.5) is 11.4 Å². The second-order valence-corrected chi connectivity index (χ2v) is 8.96. The highest BCUT2D eigenvalue weighted by molar-refractivity contribution is 5.96. The number of aromatic nitrogens is 1. The summed E-state index contributed by atoms with van der Waals surface area (Å²) < 4.78 is 0. The molecule has 1 aromatic heterocycles. The van der Waals surface area contributed by atoms with Gasteiger partial charge in [-0.25, -0.2) is 0 Å². The lowest BCUT2D eigenvalue weighted by Crippen LogP contribution is -2.23. The Morgan fingerprint density at radius 3 is 2.32 bits per heavy atom. The van der Waals surface area contributed by atoms with Gasteiger partial charge < -0.3 is 9.80 Å². The molecule has 3 heteroatoms. The van der Waals surface area contributed by atoms with Crippen molar-refractivity contribution in [2.75, 3.05) is 23.9 Å². The molecule has 3 nitrogen and oxygen atoms in total. The van der Waals surface area contributed by atoms with Crippen molar-refractivity contribution < 1.29 is 0 Å². The second-order valence-electron chi connectivity index (χ2n) is 8.96. The maximum atomic E-state index is 4.84. The van der Waals surface area contributed by atoms with Crippen molar-refractivity contribution in [3.05, 3.63) is 65.6 Å². The average molecular weight is 372 g/mol. The van der Waals surface area contributed by atoms with Crippen molar-refractivity contribution in [2.45, 2.75) is 40.0 Å². The molecular weight excluding hydrogens is 342 g/mol. The Hall–Kier alpha value is -2.81. The predicted octanol–water partition coefficient (Wildman–Crippen LogP) is 6.34. The van der Waals surface area contributed by atoms with Crippen molar-refractivity contribution in [1.82, 2.24) is 4.98 Å². The summed E-state index contributed by atoms with van der Waals surface area (Å²) >= 11 is 0. The third-order valence-corrected chi connectivity index (χ3v) is 5.63. The van der Waals surface area contributed by atoms with Crippen LogP contribution in [0.3, 0.4) is 0 Å². The van der Waals surface area contributed by atoms with Gasteiger partial charge >= 0.3 is 0 Å². The molecule has 1 aliphatic rings. The van der Waals surface area contributed by atoms with Crippen LogP contribution in [0.2, 0.25) is 0 Å². The van der Waals surface area contributed by atoms with Gasteiger partial charge in [0.15, 0.2) is 0 Å². The molecule has 4 rings (SSSR count). The first kappa shape index (κ1) is 18.5. The first-order valence-corrected chi connectivity index (χ1v) is 9.87. The molecule has 0 bridgehead atoms. The quantitative estimate of drug-likeness (QED) is 0.498. The minimum Gasteiger partial charge on any atom is -0.329 e. The zero-order valence-corrected chi connectivity index (χ0v) is 18.0. The molecule has 0 fully saturated rings. The van der Waals surface area contributed by atoms with E-state index in [9.17, 15) is 0 Å². The van der Waals surface area contributed by atoms with E-state index in [0.29, 0.717) is 0 Å². The maximum Gasteiger partial charge on any atom is 0.111 e. The summed E-state index contributed by atoms with van der Waals surface area (Å²) in [7, 11) is 4.27. The Morgan fingerprint density at radius 1 is 0.929 bits per heavy atom. The van der Waals surface area contributed by atoms with Crippen LogP contribution < -0.4 is 9.80 Å². The number of anilines is 2. The van der Waals surface area contributed by atoms with Gasteiger partial charge in [0.2, 0.25) is 0 Å². The lowest BCUT2D eigenvalue weighted by Gasteiger charge is -2.23. The van der Waals surface area contributed by atoms with E-state index in [1.165, 1.54) is 44.7 Å². The van der Waals surface area contributed by atoms with Crippen molar-refractivity contribution in [3.8, 4) is 11.3 Å². The fraction of sp³-hybridized carbons (Fsp3) is 0.320. The zero-order valence-electron chi connectivity index (χ0n) is 18.0. The number of hydrogen-bond acceptors (Lipinski definition) is 3. The third kappa shape index (κ3) is 2.77. The Morgan fingerprint density at radius 2 is 1.64 bits per heavy atom. The molecule has 0 atom stereocenters. The zero-order chi connectivity index (χ0) is 20.2. The fourth-order valence-corrected chi connectivity index (χ4v) is 4.44. The van der Waals surface area contributed by atoms with E-state index in [1.54, 1.807) is 0 Å². The number of hydrogen-bond donors (Lipinski definition) is 0. The standard InChI is InChI=1S/C25H29N3/c1-16(2)24-27(6)21-12-13-26-22(23(21)28(24)7)18-14-17-10-8-9-11-19(17)20(15-18)25(3,4)5/h8-15H,1-7H3. The Bertz CT molecular complexity index is 1100. The molecule has 0 aliphatic carbocycles. The van der Waals surface area contributed by atoms with Crippen LogP contribution >= 0.6 is 0 Å². The van der Waals surface area contributed by atoms with Crippen LogP contribution in [-0.4, -0.2) is 19.1 Å². The van der Waals surface area contributed by atoms with E-state index in [4.69, 9.17) is 4.98 Å². The molecular formula is C25H29N3. The molecule has 144 valence electrons. The highest BCUT2D eigenvalue weighted by Gasteiger charge is 2.31. The molecule has 3 aromatic rings. The van der Waals surface area contributed by atoms with Crippen molar-refractivity contribution >= 4 is 22.1 Å². The fourth-order valence-electron chi connectivity index (χ4n) is 4.44. The van der Waals surface area contributed by atoms with Crippen molar-refractivity contribution in [1.29, 1.82) is 0 Å². The first-order chi connectivity index (χ1) is 13.2. The minimum atomic E-state index is 0.0569. The number of rotatable bonds is 1. The van der Waals surface area contributed by atoms with Crippen LogP contribution in [0.1, 0.15) is 40.2 Å². The predicted molar refractivity (Wildman–Crippen MR) is 121 cm³/mol. The first-order valence-electron chi connectivity index (χ1n) is 9.87. The van der Waals surface area contributed by atoms with Gasteiger partial charge in [0.1, 0.15) is 5.82 Å². The van der Waals surface area contributed by atoms with Gasteiger partial charge in [-0.1, -0.05) is 45.0 Å². The highest BCUT2D eigenvalue weighted by atomic mass is 15.4. The summed E-state index contributed by atoms with van der Waals surface area (Å²) in [5, 5.41) is 2.59. The molecule has 0 amide bonds. The van der Waals surface area contributed by atoms with E-state index < -0.39 is 0 Å². The van der Waals surface area contributed by atoms with Crippen LogP contribution in [0.15, 0.2) is 60.1 Å². The Kier molecular flexibility index (Phi) is 4.22. The smallest absolute Gasteiger partial charge is 0.111 e. The summed E-state index contributed by atoms with van der Waals surface area (Å²) in [6, 6.07) is 15.4. The van der Waals surface area contributed by atoms with Gasteiger partial charge in [0.25, 0.3) is 0 Å². The number of allylic oxidation sites excluding steroid dienone is 1. The molecule has 0 saturated heterocycles. The average Bonchev–Trinajstić information content (AvgIpc) is 2.91. The van der Waals surface area contributed by atoms with E-state index in [0.717, 1.165) is 5.69 Å². The molecule has 28 heavy (non-hydrogen) atoms. The van der Waals surface area contributed by atoms with Crippen molar-refractivity contribution in [2.24, 2.45) is 0 Å². The number of benzene rings is 2. The summed E-state index contributed by atoms with van der Waals surface area (Å²) in [5.74, 6) is 1.22. The van der Waals surface area contributed by atoms with Gasteiger partial charge in [-0.15, -0.1) is 0 Å². The number of fused-ring (bicyclic) bond motifs is 2. The monoisotopic (exact) mass is 371 g/mol. The lowest BCUT2D eigenvalue weighted by molar-refractivity contribution is 0.596. The van der Waals surface area contributed by atoms with Crippen LogP contribution in [0, 0.1) is 0 Å². The normalized spacial score (nSPS) is 14.0. The summed E-state index contributed by atoms with van der Waals surface area (Å²) in [6.07, 6.45) is 1.93. The molecule has 0 spiro atoms. The van der Waals surface area contributed by atoms with Crippen LogP contribution in [0.25, 0.3) is 22.0 Å². The Balaban J connectivity index is 2.01. The van der Waals surface area contributed by atoms with Crippen LogP contribution in [-0.2, 0) is 5.41 Å². The Labute approximate surface area is 168 Å². The highest BCUT2D eigenvalue weighted by Crippen LogP contribution is 2.46. The molecule has 0 radical (unpaired) electrons. The van der Waals surface area contributed by atoms with Gasteiger partial charge in [0, 0.05) is 25.9 Å². The molecule has 0 N–H and O–H groups in total. The molecule has 2 aromatic carbocycles. The molecule has 2 heterocycles. The van der Waals surface area contributed by atoms with Gasteiger partial charge in [-0.2, -0.15) is 0 Å². The maximum absolute atomic E-state index is 4.84. The largest absolute Gasteiger partial charge is 0.329 e. The van der Waals surface area contributed by atoms with E-state index in [1.807, 2.05) is 6.20 Å². The number of pyridine rings is 1. The molecule has 1 aliphatic heterocycles. The third-order valence-electron chi connectivity index (χ3n) is 5.63. The minimum absolute atomic E-state index is 0.0569. The molecule has 0 unspecified atom stereocenters. The van der Waals surface area contributed by atoms with E-state index in [2.05, 4.69) is 101 Å². The summed E-state index contributed by atoms with van der Waals surface area (Å²) in [5.41, 5.74) is 7.31. The van der Waals surface area contributed by atoms with Gasteiger partial charge in [0.05, 0.1) is 17.1 Å². The van der Waals surface area contributed by atoms with Crippen LogP contribution in [0.5, 0.6) is 0 Å². The van der Waals surface area contributed by atoms with Gasteiger partial charge in [-0.3, -0.25) is 4.98 Å². The molecule has 0 saturated carbocycles. The lowest BCUT2D eigenvalue weighted by atomic mass is 9.82. The summed E-state index contributed by atoms with van der Waals surface area (Å²) in [6.45, 7) is 11.2. The SMILES string of the molecule is CC(C)=C1N(C)c2ccnc(-c3cc(C(C)(C)C)c4ccccc4c3)c2N1C. The topological polar surface area (TPSA) is 19.4 Å². The summed E-state index contributed by atoms with van der Waals surface area (Å²) in [4.78, 5) is 9.38.